The monoisotopic (exact) mass is 422 g/mol. The zero-order valence-electron chi connectivity index (χ0n) is 17.8. The molecule has 3 aromatic heterocycles. The number of aryl methyl sites for hydroxylation is 3. The van der Waals surface area contributed by atoms with Crippen molar-refractivity contribution in [1.29, 1.82) is 0 Å². The summed E-state index contributed by atoms with van der Waals surface area (Å²) in [6, 6.07) is 5.02. The number of halogens is 1. The van der Waals surface area contributed by atoms with Gasteiger partial charge in [0.25, 0.3) is 0 Å². The van der Waals surface area contributed by atoms with Crippen molar-refractivity contribution in [2.24, 2.45) is 7.05 Å². The smallest absolute Gasteiger partial charge is 0.341 e. The maximum Gasteiger partial charge on any atom is 0.341 e. The Bertz CT molecular complexity index is 1280. The van der Waals surface area contributed by atoms with E-state index < -0.39 is 5.97 Å². The highest BCUT2D eigenvalue weighted by molar-refractivity contribution is 6.05. The van der Waals surface area contributed by atoms with Crippen molar-refractivity contribution in [2.45, 2.75) is 27.3 Å². The molecule has 3 heterocycles. The quantitative estimate of drug-likeness (QED) is 0.477. The number of benzene rings is 1. The number of aromatic nitrogens is 5. The lowest BCUT2D eigenvalue weighted by molar-refractivity contribution is 0.0527. The minimum atomic E-state index is -0.472. The molecule has 0 spiro atoms. The topological polar surface area (TPSA) is 86.9 Å². The second-order valence-electron chi connectivity index (χ2n) is 7.16. The van der Waals surface area contributed by atoms with Gasteiger partial charge in [0.1, 0.15) is 17.2 Å². The van der Waals surface area contributed by atoms with Crippen LogP contribution in [0.4, 0.5) is 10.1 Å². The van der Waals surface area contributed by atoms with Crippen LogP contribution in [0.2, 0.25) is 0 Å². The third-order valence-electron chi connectivity index (χ3n) is 5.09. The van der Waals surface area contributed by atoms with Crippen LogP contribution in [-0.4, -0.2) is 36.9 Å². The zero-order valence-corrected chi connectivity index (χ0v) is 17.8. The van der Waals surface area contributed by atoms with Crippen molar-refractivity contribution >= 4 is 22.7 Å². The third kappa shape index (κ3) is 3.74. The lowest BCUT2D eigenvalue weighted by atomic mass is 10.1. The number of imidazole rings is 1. The van der Waals surface area contributed by atoms with Crippen LogP contribution in [0, 0.1) is 19.7 Å². The molecule has 0 saturated heterocycles. The normalized spacial score (nSPS) is 11.1. The number of pyridine rings is 1. The van der Waals surface area contributed by atoms with Gasteiger partial charge in [0.15, 0.2) is 5.65 Å². The van der Waals surface area contributed by atoms with Gasteiger partial charge >= 0.3 is 5.97 Å². The van der Waals surface area contributed by atoms with E-state index in [1.165, 1.54) is 12.3 Å². The molecule has 0 aliphatic carbocycles. The highest BCUT2D eigenvalue weighted by atomic mass is 19.1. The van der Waals surface area contributed by atoms with Crippen LogP contribution in [0.1, 0.15) is 34.4 Å². The number of hydrogen-bond acceptors (Lipinski definition) is 6. The van der Waals surface area contributed by atoms with Gasteiger partial charge in [-0.3, -0.25) is 4.68 Å². The third-order valence-corrected chi connectivity index (χ3v) is 5.09. The van der Waals surface area contributed by atoms with Gasteiger partial charge < -0.3 is 14.6 Å². The molecular weight excluding hydrogens is 399 g/mol. The van der Waals surface area contributed by atoms with E-state index in [-0.39, 0.29) is 12.4 Å². The number of nitrogens with zero attached hydrogens (tertiary/aromatic N) is 5. The molecule has 1 N–H and O–H groups in total. The summed E-state index contributed by atoms with van der Waals surface area (Å²) in [4.78, 5) is 21.0. The maximum atomic E-state index is 14.8. The van der Waals surface area contributed by atoms with E-state index in [1.54, 1.807) is 41.7 Å². The predicted octanol–water partition coefficient (Wildman–Crippen LogP) is 3.70. The van der Waals surface area contributed by atoms with Crippen LogP contribution in [0.15, 0.2) is 36.8 Å². The maximum absolute atomic E-state index is 14.8. The minimum absolute atomic E-state index is 0.253. The lowest BCUT2D eigenvalue weighted by Gasteiger charge is -2.14. The van der Waals surface area contributed by atoms with E-state index in [0.717, 1.165) is 16.6 Å². The molecule has 4 rings (SSSR count). The first-order chi connectivity index (χ1) is 14.9. The van der Waals surface area contributed by atoms with Crippen LogP contribution in [0.5, 0.6) is 0 Å². The SMILES string of the molecule is CCOC(=O)c1cnc2c(c(C)nn2C)c1NCc1ccc(-n2ccnc2C)c(F)c1. The van der Waals surface area contributed by atoms with Crippen molar-refractivity contribution in [3.8, 4) is 5.69 Å². The van der Waals surface area contributed by atoms with Gasteiger partial charge in [0, 0.05) is 32.2 Å². The van der Waals surface area contributed by atoms with Gasteiger partial charge in [0.2, 0.25) is 0 Å². The Labute approximate surface area is 178 Å². The first-order valence-electron chi connectivity index (χ1n) is 9.92. The average Bonchev–Trinajstić information content (AvgIpc) is 3.29. The highest BCUT2D eigenvalue weighted by Crippen LogP contribution is 2.30. The number of anilines is 1. The Morgan fingerprint density at radius 1 is 1.26 bits per heavy atom. The number of ether oxygens (including phenoxy) is 1. The Hall–Kier alpha value is -3.75. The van der Waals surface area contributed by atoms with Crippen molar-refractivity contribution in [3.05, 3.63) is 65.3 Å². The van der Waals surface area contributed by atoms with E-state index >= 15 is 0 Å². The average molecular weight is 422 g/mol. The summed E-state index contributed by atoms with van der Waals surface area (Å²) in [6.45, 7) is 5.98. The largest absolute Gasteiger partial charge is 0.462 e. The van der Waals surface area contributed by atoms with Crippen LogP contribution in [0.3, 0.4) is 0 Å². The molecule has 0 atom stereocenters. The van der Waals surface area contributed by atoms with Crippen LogP contribution in [0.25, 0.3) is 16.7 Å². The Morgan fingerprint density at radius 2 is 2.06 bits per heavy atom. The first kappa shape index (κ1) is 20.5. The summed E-state index contributed by atoms with van der Waals surface area (Å²) < 4.78 is 23.3. The van der Waals surface area contributed by atoms with Gasteiger partial charge in [-0.15, -0.1) is 0 Å². The predicted molar refractivity (Wildman–Crippen MR) is 115 cm³/mol. The van der Waals surface area contributed by atoms with Crippen molar-refractivity contribution in [2.75, 3.05) is 11.9 Å². The van der Waals surface area contributed by atoms with E-state index in [4.69, 9.17) is 4.74 Å². The van der Waals surface area contributed by atoms with Crippen LogP contribution >= 0.6 is 0 Å². The fraction of sp³-hybridized carbons (Fsp3) is 0.273. The van der Waals surface area contributed by atoms with Gasteiger partial charge in [0.05, 0.1) is 29.1 Å². The standard InChI is InChI=1S/C22H23FN6O2/c1-5-31-22(30)16-12-26-21-19(13(2)27-28(21)4)20(16)25-11-15-6-7-18(17(23)10-15)29-9-8-24-14(29)3/h6-10,12H,5,11H2,1-4H3,(H,25,26). The lowest BCUT2D eigenvalue weighted by Crippen LogP contribution is -2.11. The molecule has 0 aliphatic heterocycles. The summed E-state index contributed by atoms with van der Waals surface area (Å²) in [5.74, 6) is -0.127. The van der Waals surface area contributed by atoms with Crippen molar-refractivity contribution in [3.63, 3.8) is 0 Å². The number of hydrogen-bond donors (Lipinski definition) is 1. The van der Waals surface area contributed by atoms with Crippen molar-refractivity contribution in [1.82, 2.24) is 24.3 Å². The van der Waals surface area contributed by atoms with Crippen LogP contribution in [-0.2, 0) is 18.3 Å². The molecule has 4 aromatic rings. The summed E-state index contributed by atoms with van der Waals surface area (Å²) >= 11 is 0. The number of esters is 1. The molecule has 160 valence electrons. The zero-order chi connectivity index (χ0) is 22.1. The van der Waals surface area contributed by atoms with E-state index in [0.29, 0.717) is 35.0 Å². The van der Waals surface area contributed by atoms with Gasteiger partial charge in [-0.1, -0.05) is 6.07 Å². The number of nitrogens with one attached hydrogen (secondary N) is 1. The summed E-state index contributed by atoms with van der Waals surface area (Å²) in [5.41, 5.74) is 3.42. The first-order valence-corrected chi connectivity index (χ1v) is 9.92. The molecule has 1 aromatic carbocycles. The van der Waals surface area contributed by atoms with Crippen LogP contribution < -0.4 is 5.32 Å². The molecule has 0 unspecified atom stereocenters. The summed E-state index contributed by atoms with van der Waals surface area (Å²) in [6.07, 6.45) is 4.83. The number of fused-ring (bicyclic) bond motifs is 1. The summed E-state index contributed by atoms with van der Waals surface area (Å²) in [7, 11) is 1.79. The van der Waals surface area contributed by atoms with Gasteiger partial charge in [-0.05, 0) is 38.5 Å². The second-order valence-corrected chi connectivity index (χ2v) is 7.16. The minimum Gasteiger partial charge on any atom is -0.462 e. The molecule has 0 saturated carbocycles. The molecule has 0 fully saturated rings. The highest BCUT2D eigenvalue weighted by Gasteiger charge is 2.20. The van der Waals surface area contributed by atoms with Gasteiger partial charge in [-0.25, -0.2) is 19.2 Å². The number of carbonyl (C=O) groups excluding carboxylic acids is 1. The summed E-state index contributed by atoms with van der Waals surface area (Å²) in [5, 5.41) is 8.42. The fourth-order valence-electron chi connectivity index (χ4n) is 3.64. The Balaban J connectivity index is 1.68. The molecule has 0 amide bonds. The van der Waals surface area contributed by atoms with E-state index in [9.17, 15) is 9.18 Å². The van der Waals surface area contributed by atoms with Gasteiger partial charge in [-0.2, -0.15) is 5.10 Å². The molecular formula is C22H23FN6O2. The fourth-order valence-corrected chi connectivity index (χ4v) is 3.64. The molecule has 0 radical (unpaired) electrons. The molecule has 8 nitrogen and oxygen atoms in total. The molecule has 0 bridgehead atoms. The van der Waals surface area contributed by atoms with E-state index in [1.807, 2.05) is 19.9 Å². The molecule has 0 aliphatic rings. The number of rotatable bonds is 6. The van der Waals surface area contributed by atoms with E-state index in [2.05, 4.69) is 20.4 Å². The van der Waals surface area contributed by atoms with Crippen molar-refractivity contribution < 1.29 is 13.9 Å². The Morgan fingerprint density at radius 3 is 2.74 bits per heavy atom. The molecule has 9 heteroatoms. The molecule has 31 heavy (non-hydrogen) atoms. The second kappa shape index (κ2) is 8.17. The Kier molecular flexibility index (Phi) is 5.41. The number of carbonyl (C=O) groups is 1.